The molecule has 0 spiro atoms. The second kappa shape index (κ2) is 5.93. The molecule has 0 aliphatic heterocycles. The molecule has 1 heterocycles. The number of carbonyl (C=O) groups is 2. The van der Waals surface area contributed by atoms with Crippen molar-refractivity contribution in [1.29, 1.82) is 0 Å². The van der Waals surface area contributed by atoms with E-state index in [0.717, 1.165) is 6.07 Å². The maximum atomic E-state index is 12.7. The number of nitrogens with one attached hydrogen (secondary N) is 1. The van der Waals surface area contributed by atoms with Gasteiger partial charge in [0.25, 0.3) is 5.91 Å². The summed E-state index contributed by atoms with van der Waals surface area (Å²) in [7, 11) is 0. The van der Waals surface area contributed by atoms with E-state index in [0.29, 0.717) is 0 Å². The SMILES string of the molecule is CC(CNC(=O)c1ccnc(F)c1)CC(=O)O. The molecule has 17 heavy (non-hydrogen) atoms. The fourth-order valence-corrected chi connectivity index (χ4v) is 1.28. The lowest BCUT2D eigenvalue weighted by molar-refractivity contribution is -0.137. The molecule has 0 aliphatic carbocycles. The Balaban J connectivity index is 2.47. The predicted molar refractivity (Wildman–Crippen MR) is 57.9 cm³/mol. The molecule has 0 fully saturated rings. The monoisotopic (exact) mass is 240 g/mol. The van der Waals surface area contributed by atoms with E-state index in [1.54, 1.807) is 6.92 Å². The minimum atomic E-state index is -0.915. The van der Waals surface area contributed by atoms with Gasteiger partial charge in [-0.3, -0.25) is 9.59 Å². The summed E-state index contributed by atoms with van der Waals surface area (Å²) in [6.07, 6.45) is 1.18. The summed E-state index contributed by atoms with van der Waals surface area (Å²) in [5, 5.41) is 11.1. The molecule has 0 aromatic carbocycles. The van der Waals surface area contributed by atoms with E-state index < -0.39 is 17.8 Å². The average molecular weight is 240 g/mol. The standard InChI is InChI=1S/C11H13FN2O3/c1-7(4-10(15)16)6-14-11(17)8-2-3-13-9(12)5-8/h2-3,5,7H,4,6H2,1H3,(H,14,17)(H,15,16). The summed E-state index contributed by atoms with van der Waals surface area (Å²) in [6, 6.07) is 2.41. The highest BCUT2D eigenvalue weighted by atomic mass is 19.1. The van der Waals surface area contributed by atoms with E-state index >= 15 is 0 Å². The summed E-state index contributed by atoms with van der Waals surface area (Å²) in [5.74, 6) is -2.26. The fraction of sp³-hybridized carbons (Fsp3) is 0.364. The second-order valence-electron chi connectivity index (χ2n) is 3.78. The van der Waals surface area contributed by atoms with Crippen molar-refractivity contribution in [2.45, 2.75) is 13.3 Å². The molecule has 5 nitrogen and oxygen atoms in total. The Labute approximate surface area is 97.7 Å². The highest BCUT2D eigenvalue weighted by Crippen LogP contribution is 2.03. The zero-order valence-corrected chi connectivity index (χ0v) is 9.31. The molecule has 0 saturated carbocycles. The van der Waals surface area contributed by atoms with Gasteiger partial charge in [-0.2, -0.15) is 4.39 Å². The van der Waals surface area contributed by atoms with Crippen molar-refractivity contribution >= 4 is 11.9 Å². The molecule has 0 saturated heterocycles. The number of rotatable bonds is 5. The third-order valence-electron chi connectivity index (χ3n) is 2.12. The van der Waals surface area contributed by atoms with E-state index in [1.807, 2.05) is 0 Å². The summed E-state index contributed by atoms with van der Waals surface area (Å²) in [4.78, 5) is 25.3. The third-order valence-corrected chi connectivity index (χ3v) is 2.12. The fourth-order valence-electron chi connectivity index (χ4n) is 1.28. The normalized spacial score (nSPS) is 11.9. The predicted octanol–water partition coefficient (Wildman–Crippen LogP) is 1.06. The van der Waals surface area contributed by atoms with Crippen LogP contribution in [-0.4, -0.2) is 28.5 Å². The van der Waals surface area contributed by atoms with E-state index in [9.17, 15) is 14.0 Å². The first-order chi connectivity index (χ1) is 7.99. The van der Waals surface area contributed by atoms with Gasteiger partial charge in [-0.1, -0.05) is 6.92 Å². The Morgan fingerprint density at radius 3 is 2.88 bits per heavy atom. The zero-order valence-electron chi connectivity index (χ0n) is 9.31. The molecular weight excluding hydrogens is 227 g/mol. The molecule has 1 amide bonds. The van der Waals surface area contributed by atoms with Crippen LogP contribution in [0.2, 0.25) is 0 Å². The molecule has 1 aromatic rings. The first kappa shape index (κ1) is 13.1. The van der Waals surface area contributed by atoms with Gasteiger partial charge in [0.2, 0.25) is 5.95 Å². The van der Waals surface area contributed by atoms with Crippen LogP contribution in [0.5, 0.6) is 0 Å². The molecule has 0 aliphatic rings. The van der Waals surface area contributed by atoms with Crippen LogP contribution in [0.3, 0.4) is 0 Å². The number of aromatic nitrogens is 1. The molecule has 1 unspecified atom stereocenters. The number of carboxylic acids is 1. The summed E-state index contributed by atoms with van der Waals surface area (Å²) in [6.45, 7) is 1.94. The molecule has 1 aromatic heterocycles. The van der Waals surface area contributed by atoms with Crippen molar-refractivity contribution < 1.29 is 19.1 Å². The van der Waals surface area contributed by atoms with E-state index in [-0.39, 0.29) is 24.4 Å². The van der Waals surface area contributed by atoms with Gasteiger partial charge < -0.3 is 10.4 Å². The molecule has 1 rings (SSSR count). The van der Waals surface area contributed by atoms with Crippen molar-refractivity contribution in [3.05, 3.63) is 29.8 Å². The largest absolute Gasteiger partial charge is 0.481 e. The molecule has 1 atom stereocenters. The zero-order chi connectivity index (χ0) is 12.8. The van der Waals surface area contributed by atoms with Gasteiger partial charge in [0.05, 0.1) is 0 Å². The van der Waals surface area contributed by atoms with E-state index in [4.69, 9.17) is 5.11 Å². The van der Waals surface area contributed by atoms with Crippen molar-refractivity contribution in [2.24, 2.45) is 5.92 Å². The van der Waals surface area contributed by atoms with E-state index in [1.165, 1.54) is 12.3 Å². The lowest BCUT2D eigenvalue weighted by Crippen LogP contribution is -2.29. The number of pyridine rings is 1. The first-order valence-electron chi connectivity index (χ1n) is 5.10. The Morgan fingerprint density at radius 1 is 1.59 bits per heavy atom. The van der Waals surface area contributed by atoms with Gasteiger partial charge in [-0.25, -0.2) is 4.98 Å². The Bertz CT molecular complexity index is 423. The molecule has 0 bridgehead atoms. The van der Waals surface area contributed by atoms with Gasteiger partial charge in [0.1, 0.15) is 0 Å². The summed E-state index contributed by atoms with van der Waals surface area (Å²) in [5.41, 5.74) is 0.167. The third kappa shape index (κ3) is 4.58. The maximum absolute atomic E-state index is 12.7. The number of hydrogen-bond acceptors (Lipinski definition) is 3. The highest BCUT2D eigenvalue weighted by molar-refractivity contribution is 5.94. The van der Waals surface area contributed by atoms with Crippen LogP contribution in [0.15, 0.2) is 18.3 Å². The van der Waals surface area contributed by atoms with Crippen LogP contribution in [0.25, 0.3) is 0 Å². The first-order valence-corrected chi connectivity index (χ1v) is 5.10. The molecule has 0 radical (unpaired) electrons. The molecule has 6 heteroatoms. The van der Waals surface area contributed by atoms with Gasteiger partial charge in [0.15, 0.2) is 0 Å². The van der Waals surface area contributed by atoms with Crippen LogP contribution in [-0.2, 0) is 4.79 Å². The van der Waals surface area contributed by atoms with Gasteiger partial charge in [-0.05, 0) is 12.0 Å². The van der Waals surface area contributed by atoms with Crippen molar-refractivity contribution in [1.82, 2.24) is 10.3 Å². The van der Waals surface area contributed by atoms with Crippen LogP contribution < -0.4 is 5.32 Å². The van der Waals surface area contributed by atoms with Crippen LogP contribution >= 0.6 is 0 Å². The molecule has 92 valence electrons. The number of nitrogens with zero attached hydrogens (tertiary/aromatic N) is 1. The van der Waals surface area contributed by atoms with Crippen molar-refractivity contribution in [3.8, 4) is 0 Å². The van der Waals surface area contributed by atoms with Gasteiger partial charge in [-0.15, -0.1) is 0 Å². The van der Waals surface area contributed by atoms with Crippen molar-refractivity contribution in [2.75, 3.05) is 6.54 Å². The lowest BCUT2D eigenvalue weighted by Gasteiger charge is -2.10. The summed E-state index contributed by atoms with van der Waals surface area (Å²) >= 11 is 0. The van der Waals surface area contributed by atoms with Gasteiger partial charge in [0, 0.05) is 30.8 Å². The molecule has 2 N–H and O–H groups in total. The minimum absolute atomic E-state index is 0.0228. The number of carbonyl (C=O) groups excluding carboxylic acids is 1. The quantitative estimate of drug-likeness (QED) is 0.754. The van der Waals surface area contributed by atoms with E-state index in [2.05, 4.69) is 10.3 Å². The maximum Gasteiger partial charge on any atom is 0.303 e. The number of carboxylic acid groups (broad SMARTS) is 1. The Hall–Kier alpha value is -1.98. The summed E-state index contributed by atoms with van der Waals surface area (Å²) < 4.78 is 12.7. The highest BCUT2D eigenvalue weighted by Gasteiger charge is 2.11. The number of amides is 1. The van der Waals surface area contributed by atoms with Crippen molar-refractivity contribution in [3.63, 3.8) is 0 Å². The second-order valence-corrected chi connectivity index (χ2v) is 3.78. The van der Waals surface area contributed by atoms with Crippen LogP contribution in [0.1, 0.15) is 23.7 Å². The smallest absolute Gasteiger partial charge is 0.303 e. The minimum Gasteiger partial charge on any atom is -0.481 e. The topological polar surface area (TPSA) is 79.3 Å². The number of aliphatic carboxylic acids is 1. The lowest BCUT2D eigenvalue weighted by atomic mass is 10.1. The van der Waals surface area contributed by atoms with Crippen LogP contribution in [0.4, 0.5) is 4.39 Å². The number of hydrogen-bond donors (Lipinski definition) is 2. The van der Waals surface area contributed by atoms with Gasteiger partial charge >= 0.3 is 5.97 Å². The van der Waals surface area contributed by atoms with Crippen LogP contribution in [0, 0.1) is 11.9 Å². The average Bonchev–Trinajstić information content (AvgIpc) is 2.25. The number of halogens is 1. The Morgan fingerprint density at radius 2 is 2.29 bits per heavy atom. The molecular formula is C11H13FN2O3. The Kier molecular flexibility index (Phi) is 4.56.